The van der Waals surface area contributed by atoms with E-state index in [4.69, 9.17) is 22.8 Å². The maximum absolute atomic E-state index is 8.74. The molecule has 10 heteroatoms. The lowest BCUT2D eigenvalue weighted by Crippen LogP contribution is -1.89. The second-order valence-electron chi connectivity index (χ2n) is 0.548. The molecule has 0 aromatic heterocycles. The van der Waals surface area contributed by atoms with Gasteiger partial charge in [0.1, 0.15) is 5.40 Å². The van der Waals surface area contributed by atoms with Crippen molar-refractivity contribution in [1.82, 2.24) is 18.5 Å². The molecule has 0 spiro atoms. The van der Waals surface area contributed by atoms with E-state index in [2.05, 4.69) is 12.6 Å². The Hall–Kier alpha value is -0.410. The van der Waals surface area contributed by atoms with Crippen LogP contribution in [0.2, 0.25) is 0 Å². The number of nitrogens with zero attached hydrogens (tertiary/aromatic N) is 1. The highest BCUT2D eigenvalue weighted by Crippen LogP contribution is 1.59. The van der Waals surface area contributed by atoms with Crippen LogP contribution in [0.5, 0.6) is 0 Å². The first-order chi connectivity index (χ1) is 3.41. The molecule has 0 aliphatic heterocycles. The lowest BCUT2D eigenvalue weighted by Gasteiger charge is -1.68. The maximum atomic E-state index is 8.74. The quantitative estimate of drug-likeness (QED) is 0.184. The summed E-state index contributed by atoms with van der Waals surface area (Å²) in [6, 6.07) is 0. The van der Waals surface area contributed by atoms with Gasteiger partial charge in [-0.3, -0.25) is 9.11 Å². The summed E-state index contributed by atoms with van der Waals surface area (Å²) in [6.07, 6.45) is 0. The highest BCUT2D eigenvalue weighted by Gasteiger charge is 1.84. The molecule has 72 valence electrons. The summed E-state index contributed by atoms with van der Waals surface area (Å²) in [4.78, 5) is 0. The van der Waals surface area contributed by atoms with Crippen molar-refractivity contribution in [3.8, 4) is 5.40 Å². The number of nitriles is 1. The molecule has 0 fully saturated rings. The van der Waals surface area contributed by atoms with Gasteiger partial charge in [0.05, 0.1) is 0 Å². The van der Waals surface area contributed by atoms with Crippen LogP contribution in [0.4, 0.5) is 0 Å². The SMILES string of the molecule is N.N.N.N#CS.O=S(=O)(O)O. The highest BCUT2D eigenvalue weighted by molar-refractivity contribution is 7.85. The van der Waals surface area contributed by atoms with E-state index >= 15 is 0 Å². The molecule has 11 heavy (non-hydrogen) atoms. The molecule has 0 aliphatic carbocycles. The molecule has 0 aromatic carbocycles. The third-order valence-corrected chi connectivity index (χ3v) is 0. The van der Waals surface area contributed by atoms with Crippen LogP contribution in [0.15, 0.2) is 0 Å². The van der Waals surface area contributed by atoms with E-state index < -0.39 is 10.4 Å². The first-order valence-electron chi connectivity index (χ1n) is 1.15. The Morgan fingerprint density at radius 1 is 1.18 bits per heavy atom. The van der Waals surface area contributed by atoms with E-state index in [-0.39, 0.29) is 18.5 Å². The summed E-state index contributed by atoms with van der Waals surface area (Å²) in [5.74, 6) is 0. The van der Waals surface area contributed by atoms with Crippen LogP contribution < -0.4 is 18.5 Å². The van der Waals surface area contributed by atoms with Crippen molar-refractivity contribution in [2.24, 2.45) is 0 Å². The second kappa shape index (κ2) is 16.3. The van der Waals surface area contributed by atoms with E-state index in [0.717, 1.165) is 0 Å². The minimum absolute atomic E-state index is 0. The topological polar surface area (TPSA) is 203 Å². The average Bonchev–Trinajstić information content (AvgIpc) is 1.27. The van der Waals surface area contributed by atoms with Gasteiger partial charge in [0, 0.05) is 0 Å². The zero-order valence-electron chi connectivity index (χ0n) is 5.63. The minimum atomic E-state index is -4.67. The van der Waals surface area contributed by atoms with E-state index in [1.165, 1.54) is 5.40 Å². The van der Waals surface area contributed by atoms with Crippen molar-refractivity contribution >= 4 is 23.0 Å². The van der Waals surface area contributed by atoms with E-state index in [1.54, 1.807) is 0 Å². The van der Waals surface area contributed by atoms with E-state index in [1.807, 2.05) is 0 Å². The Morgan fingerprint density at radius 3 is 1.18 bits per heavy atom. The predicted octanol–water partition coefficient (Wildman–Crippen LogP) is 0.230. The zero-order valence-corrected chi connectivity index (χ0v) is 7.35. The van der Waals surface area contributed by atoms with Crippen molar-refractivity contribution in [3.63, 3.8) is 0 Å². The summed E-state index contributed by atoms with van der Waals surface area (Å²) < 4.78 is 31.6. The highest BCUT2D eigenvalue weighted by atomic mass is 32.3. The molecule has 0 bridgehead atoms. The Morgan fingerprint density at radius 2 is 1.18 bits per heavy atom. The van der Waals surface area contributed by atoms with Gasteiger partial charge in [-0.15, -0.1) is 0 Å². The van der Waals surface area contributed by atoms with Crippen LogP contribution >= 0.6 is 12.6 Å². The van der Waals surface area contributed by atoms with E-state index in [9.17, 15) is 0 Å². The van der Waals surface area contributed by atoms with Gasteiger partial charge in [0.2, 0.25) is 0 Å². The van der Waals surface area contributed by atoms with Crippen molar-refractivity contribution < 1.29 is 17.5 Å². The van der Waals surface area contributed by atoms with Gasteiger partial charge in [0.25, 0.3) is 0 Å². The minimum Gasteiger partial charge on any atom is -0.344 e. The van der Waals surface area contributed by atoms with Crippen LogP contribution in [0.3, 0.4) is 0 Å². The fraction of sp³-hybridized carbons (Fsp3) is 0. The molecule has 11 N–H and O–H groups in total. The van der Waals surface area contributed by atoms with Crippen LogP contribution in [-0.4, -0.2) is 17.5 Å². The largest absolute Gasteiger partial charge is 0.394 e. The smallest absolute Gasteiger partial charge is 0.344 e. The van der Waals surface area contributed by atoms with Crippen molar-refractivity contribution in [2.75, 3.05) is 0 Å². The Labute approximate surface area is 70.3 Å². The molecule has 0 heterocycles. The third-order valence-electron chi connectivity index (χ3n) is 0. The Balaban J connectivity index is -0.0000000183. The van der Waals surface area contributed by atoms with Gasteiger partial charge in [-0.2, -0.15) is 13.7 Å². The molecule has 0 unspecified atom stereocenters. The standard InChI is InChI=1S/CHNS.3H3N.H2O4S/c2-1-3;;;;1-5(2,3)4/h3H;3*1H3;(H2,1,2,3,4). The predicted molar refractivity (Wildman–Crippen MR) is 43.8 cm³/mol. The summed E-state index contributed by atoms with van der Waals surface area (Å²) in [5.41, 5.74) is 0. The Bertz CT molecular complexity index is 161. The zero-order chi connectivity index (χ0) is 7.21. The molecule has 0 radical (unpaired) electrons. The molecule has 0 saturated heterocycles. The first-order valence-corrected chi connectivity index (χ1v) is 2.99. The molecule has 0 aliphatic rings. The van der Waals surface area contributed by atoms with Crippen molar-refractivity contribution in [1.29, 1.82) is 5.26 Å². The first kappa shape index (κ1) is 31.2. The summed E-state index contributed by atoms with van der Waals surface area (Å²) in [5, 5.41) is 8.63. The van der Waals surface area contributed by atoms with Gasteiger partial charge in [0.15, 0.2) is 0 Å². The second-order valence-corrected chi connectivity index (χ2v) is 1.64. The summed E-state index contributed by atoms with van der Waals surface area (Å²) in [6.45, 7) is 0. The molecule has 0 atom stereocenters. The van der Waals surface area contributed by atoms with Gasteiger partial charge >= 0.3 is 10.4 Å². The molecular weight excluding hydrogens is 196 g/mol. The molecule has 0 rings (SSSR count). The molecule has 8 nitrogen and oxygen atoms in total. The number of hydrogen-bond acceptors (Lipinski definition) is 7. The van der Waals surface area contributed by atoms with Crippen LogP contribution in [0.25, 0.3) is 0 Å². The normalized spacial score (nSPS) is 6.00. The van der Waals surface area contributed by atoms with Gasteiger partial charge in [-0.05, 0) is 0 Å². The lowest BCUT2D eigenvalue weighted by atomic mass is 11.8. The van der Waals surface area contributed by atoms with Crippen molar-refractivity contribution in [2.45, 2.75) is 0 Å². The van der Waals surface area contributed by atoms with Crippen molar-refractivity contribution in [3.05, 3.63) is 0 Å². The molecular formula is CH12N4O4S2. The fourth-order valence-electron chi connectivity index (χ4n) is 0. The Kier molecular flexibility index (Phi) is 46.2. The van der Waals surface area contributed by atoms with Crippen LogP contribution in [-0.2, 0) is 10.4 Å². The van der Waals surface area contributed by atoms with Gasteiger partial charge in [-0.25, -0.2) is 0 Å². The number of hydrogen-bond donors (Lipinski definition) is 6. The monoisotopic (exact) mass is 208 g/mol. The summed E-state index contributed by atoms with van der Waals surface area (Å²) in [7, 11) is -4.67. The van der Waals surface area contributed by atoms with E-state index in [0.29, 0.717) is 0 Å². The molecule has 0 amide bonds. The average molecular weight is 208 g/mol. The van der Waals surface area contributed by atoms with Crippen LogP contribution in [0, 0.1) is 10.7 Å². The lowest BCUT2D eigenvalue weighted by molar-refractivity contribution is 0.381. The molecule has 0 saturated carbocycles. The third kappa shape index (κ3) is 3290. The fourth-order valence-corrected chi connectivity index (χ4v) is 0. The number of thiocyanates is 1. The molecule has 0 aromatic rings. The number of rotatable bonds is 0. The number of thiol groups is 1. The summed E-state index contributed by atoms with van der Waals surface area (Å²) >= 11 is 3.09. The van der Waals surface area contributed by atoms with Gasteiger partial charge in [-0.1, -0.05) is 12.6 Å². The van der Waals surface area contributed by atoms with Crippen LogP contribution in [0.1, 0.15) is 0 Å². The van der Waals surface area contributed by atoms with Gasteiger partial charge < -0.3 is 18.5 Å². The maximum Gasteiger partial charge on any atom is 0.394 e.